The zero-order valence-corrected chi connectivity index (χ0v) is 17.8. The van der Waals surface area contributed by atoms with Crippen LogP contribution in [0.5, 0.6) is 0 Å². The molecule has 0 aromatic heterocycles. The Morgan fingerprint density at radius 1 is 0.774 bits per heavy atom. The molecule has 0 bridgehead atoms. The van der Waals surface area contributed by atoms with Crippen LogP contribution in [0.25, 0.3) is 6.08 Å². The Morgan fingerprint density at radius 2 is 1.35 bits per heavy atom. The Hall–Kier alpha value is -3.62. The predicted molar refractivity (Wildman–Crippen MR) is 125 cm³/mol. The van der Waals surface area contributed by atoms with E-state index in [1.165, 1.54) is 18.4 Å². The summed E-state index contributed by atoms with van der Waals surface area (Å²) in [6.45, 7) is 4.21. The van der Waals surface area contributed by atoms with Gasteiger partial charge in [-0.15, -0.1) is 0 Å². The fourth-order valence-electron chi connectivity index (χ4n) is 3.09. The Morgan fingerprint density at radius 3 is 1.97 bits per heavy atom. The van der Waals surface area contributed by atoms with Gasteiger partial charge in [-0.3, -0.25) is 0 Å². The molecule has 0 radical (unpaired) electrons. The summed E-state index contributed by atoms with van der Waals surface area (Å²) in [7, 11) is 0. The second kappa shape index (κ2) is 11.0. The van der Waals surface area contributed by atoms with Crippen LogP contribution >= 0.6 is 0 Å². The lowest BCUT2D eigenvalue weighted by Crippen LogP contribution is -1.86. The zero-order chi connectivity index (χ0) is 22.1. The van der Waals surface area contributed by atoms with E-state index in [-0.39, 0.29) is 0 Å². The highest BCUT2D eigenvalue weighted by molar-refractivity contribution is 5.54. The molecule has 0 spiro atoms. The number of rotatable bonds is 4. The molecule has 3 aromatic rings. The van der Waals surface area contributed by atoms with Crippen LogP contribution in [0.1, 0.15) is 58.7 Å². The van der Waals surface area contributed by atoms with Gasteiger partial charge in [-0.2, -0.15) is 8.78 Å². The molecule has 0 saturated heterocycles. The van der Waals surface area contributed by atoms with Gasteiger partial charge in [-0.25, -0.2) is 0 Å². The molecule has 0 aliphatic carbocycles. The van der Waals surface area contributed by atoms with Crippen molar-refractivity contribution in [2.45, 2.75) is 33.1 Å². The summed E-state index contributed by atoms with van der Waals surface area (Å²) in [5, 5.41) is 0. The molecule has 154 valence electrons. The van der Waals surface area contributed by atoms with Crippen molar-refractivity contribution in [2.75, 3.05) is 0 Å². The number of hydrogen-bond donors (Lipinski definition) is 0. The van der Waals surface area contributed by atoms with E-state index < -0.39 is 6.08 Å². The van der Waals surface area contributed by atoms with Crippen molar-refractivity contribution in [3.63, 3.8) is 0 Å². The highest BCUT2D eigenvalue weighted by Crippen LogP contribution is 2.13. The van der Waals surface area contributed by atoms with Gasteiger partial charge in [0.15, 0.2) is 0 Å². The average molecular weight is 411 g/mol. The third-order valence-corrected chi connectivity index (χ3v) is 4.88. The summed E-state index contributed by atoms with van der Waals surface area (Å²) in [6.07, 6.45) is 2.65. The largest absolute Gasteiger partial charge is 0.270 e. The molecule has 0 fully saturated rings. The molecule has 0 heterocycles. The molecule has 31 heavy (non-hydrogen) atoms. The predicted octanol–water partition coefficient (Wildman–Crippen LogP) is 7.37. The fourth-order valence-corrected chi connectivity index (χ4v) is 3.09. The maximum atomic E-state index is 12.3. The summed E-state index contributed by atoms with van der Waals surface area (Å²) in [5.41, 5.74) is 6.52. The molecular formula is C29H24F2. The van der Waals surface area contributed by atoms with Gasteiger partial charge in [0.2, 0.25) is 0 Å². The van der Waals surface area contributed by atoms with E-state index in [1.807, 2.05) is 25.1 Å². The van der Waals surface area contributed by atoms with E-state index in [1.54, 1.807) is 24.3 Å². The summed E-state index contributed by atoms with van der Waals surface area (Å²) in [5.74, 6) is 12.7. The molecule has 0 unspecified atom stereocenters. The first-order valence-corrected chi connectivity index (χ1v) is 10.4. The zero-order valence-electron chi connectivity index (χ0n) is 17.8. The smallest absolute Gasteiger partial charge is 0.173 e. The van der Waals surface area contributed by atoms with E-state index >= 15 is 0 Å². The maximum absolute atomic E-state index is 12.3. The van der Waals surface area contributed by atoms with Crippen LogP contribution in [0.4, 0.5) is 8.78 Å². The van der Waals surface area contributed by atoms with Crippen LogP contribution in [0.15, 0.2) is 72.8 Å². The SMILES string of the molecule is CCCCc1ccc(C#Cc2ccc(C#Cc3ccc(C=C(F)F)cc3)c(C)c2)cc1. The van der Waals surface area contributed by atoms with Crippen LogP contribution in [0.3, 0.4) is 0 Å². The van der Waals surface area contributed by atoms with Gasteiger partial charge in [0, 0.05) is 28.3 Å². The van der Waals surface area contributed by atoms with E-state index in [2.05, 4.69) is 54.9 Å². The van der Waals surface area contributed by atoms with Crippen molar-refractivity contribution in [1.29, 1.82) is 0 Å². The van der Waals surface area contributed by atoms with Gasteiger partial charge < -0.3 is 0 Å². The van der Waals surface area contributed by atoms with Crippen LogP contribution in [0, 0.1) is 30.6 Å². The Bertz CT molecular complexity index is 1170. The standard InChI is InChI=1S/C29H24F2/c1-3-4-5-23-6-8-24(9-7-23)10-13-26-17-19-28(22(2)20-26)18-16-25-11-14-27(15-12-25)21-29(30)31/h6-9,11-12,14-15,17,19-21H,3-5H2,1-2H3. The molecule has 0 nitrogen and oxygen atoms in total. The molecule has 3 aromatic carbocycles. The third-order valence-electron chi connectivity index (χ3n) is 4.88. The molecule has 0 atom stereocenters. The number of halogens is 2. The average Bonchev–Trinajstić information content (AvgIpc) is 2.77. The van der Waals surface area contributed by atoms with E-state index in [0.717, 1.165) is 40.3 Å². The number of unbranched alkanes of at least 4 members (excludes halogenated alkanes) is 1. The normalized spacial score (nSPS) is 9.81. The minimum absolute atomic E-state index is 0.459. The van der Waals surface area contributed by atoms with Crippen LogP contribution in [-0.2, 0) is 6.42 Å². The monoisotopic (exact) mass is 410 g/mol. The summed E-state index contributed by atoms with van der Waals surface area (Å²) in [4.78, 5) is 0. The Labute approximate surface area is 183 Å². The lowest BCUT2D eigenvalue weighted by atomic mass is 10.0. The minimum Gasteiger partial charge on any atom is -0.173 e. The van der Waals surface area contributed by atoms with Gasteiger partial charge >= 0.3 is 0 Å². The first-order chi connectivity index (χ1) is 15.0. The molecule has 0 amide bonds. The first-order valence-electron chi connectivity index (χ1n) is 10.4. The Kier molecular flexibility index (Phi) is 7.80. The van der Waals surface area contributed by atoms with Gasteiger partial charge in [0.1, 0.15) is 0 Å². The van der Waals surface area contributed by atoms with E-state index in [0.29, 0.717) is 5.56 Å². The van der Waals surface area contributed by atoms with Crippen molar-refractivity contribution >= 4 is 6.08 Å². The second-order valence-electron chi connectivity index (χ2n) is 7.39. The highest BCUT2D eigenvalue weighted by Gasteiger charge is 1.98. The van der Waals surface area contributed by atoms with Crippen molar-refractivity contribution in [3.8, 4) is 23.7 Å². The van der Waals surface area contributed by atoms with Crippen molar-refractivity contribution in [2.24, 2.45) is 0 Å². The second-order valence-corrected chi connectivity index (χ2v) is 7.39. The van der Waals surface area contributed by atoms with Crippen molar-refractivity contribution < 1.29 is 8.78 Å². The topological polar surface area (TPSA) is 0 Å². The number of hydrogen-bond acceptors (Lipinski definition) is 0. The van der Waals surface area contributed by atoms with Gasteiger partial charge in [0.05, 0.1) is 0 Å². The van der Waals surface area contributed by atoms with Gasteiger partial charge in [-0.05, 0) is 78.9 Å². The minimum atomic E-state index is -1.71. The van der Waals surface area contributed by atoms with E-state index in [4.69, 9.17) is 0 Å². The van der Waals surface area contributed by atoms with E-state index in [9.17, 15) is 8.78 Å². The number of benzene rings is 3. The lowest BCUT2D eigenvalue weighted by molar-refractivity contribution is 0.429. The molecule has 3 rings (SSSR count). The van der Waals surface area contributed by atoms with Crippen LogP contribution < -0.4 is 0 Å². The first kappa shape index (κ1) is 22.1. The highest BCUT2D eigenvalue weighted by atomic mass is 19.3. The Balaban J connectivity index is 1.69. The quantitative estimate of drug-likeness (QED) is 0.394. The van der Waals surface area contributed by atoms with Crippen molar-refractivity contribution in [3.05, 3.63) is 112 Å². The molecule has 0 saturated carbocycles. The van der Waals surface area contributed by atoms with Crippen LogP contribution in [-0.4, -0.2) is 0 Å². The van der Waals surface area contributed by atoms with Crippen LogP contribution in [0.2, 0.25) is 0 Å². The molecule has 0 aliphatic rings. The van der Waals surface area contributed by atoms with Crippen molar-refractivity contribution in [1.82, 2.24) is 0 Å². The summed E-state index contributed by atoms with van der Waals surface area (Å²) < 4.78 is 24.6. The number of aryl methyl sites for hydroxylation is 2. The molecule has 0 N–H and O–H groups in total. The maximum Gasteiger partial charge on any atom is 0.270 e. The third kappa shape index (κ3) is 6.98. The molecule has 2 heteroatoms. The molecular weight excluding hydrogens is 386 g/mol. The van der Waals surface area contributed by atoms with Gasteiger partial charge in [0.25, 0.3) is 6.08 Å². The summed E-state index contributed by atoms with van der Waals surface area (Å²) >= 11 is 0. The summed E-state index contributed by atoms with van der Waals surface area (Å²) in [6, 6.07) is 21.2. The lowest BCUT2D eigenvalue weighted by Gasteiger charge is -2.00. The molecule has 0 aliphatic heterocycles. The van der Waals surface area contributed by atoms with Gasteiger partial charge in [-0.1, -0.05) is 61.3 Å². The fraction of sp³-hybridized carbons (Fsp3) is 0.172.